The predicted molar refractivity (Wildman–Crippen MR) is 73.1 cm³/mol. The molecule has 0 radical (unpaired) electrons. The lowest BCUT2D eigenvalue weighted by Crippen LogP contribution is -2.32. The number of rotatable bonds is 6. The number of methoxy groups -OCH3 is 3. The molecule has 0 saturated heterocycles. The summed E-state index contributed by atoms with van der Waals surface area (Å²) in [4.78, 5) is 11.0. The highest BCUT2D eigenvalue weighted by molar-refractivity contribution is 5.73. The molecular weight excluding hydrogens is 246 g/mol. The van der Waals surface area contributed by atoms with Crippen molar-refractivity contribution in [3.8, 4) is 17.2 Å². The molecule has 5 heteroatoms. The van der Waals surface area contributed by atoms with Crippen molar-refractivity contribution in [1.29, 1.82) is 0 Å². The van der Waals surface area contributed by atoms with Crippen LogP contribution in [0.2, 0.25) is 0 Å². The van der Waals surface area contributed by atoms with Crippen molar-refractivity contribution in [2.75, 3.05) is 21.3 Å². The fourth-order valence-electron chi connectivity index (χ4n) is 1.98. The van der Waals surface area contributed by atoms with Crippen LogP contribution in [0, 0.1) is 0 Å². The van der Waals surface area contributed by atoms with E-state index in [1.54, 1.807) is 27.4 Å². The van der Waals surface area contributed by atoms with Gasteiger partial charge in [0.2, 0.25) is 5.91 Å². The van der Waals surface area contributed by atoms with Crippen LogP contribution in [-0.4, -0.2) is 33.3 Å². The number of amides is 1. The number of hydrogen-bond acceptors (Lipinski definition) is 4. The maximum atomic E-state index is 11.0. The quantitative estimate of drug-likeness (QED) is 0.853. The second kappa shape index (κ2) is 6.87. The molecule has 0 spiro atoms. The minimum absolute atomic E-state index is 0.0181. The van der Waals surface area contributed by atoms with Crippen molar-refractivity contribution in [3.63, 3.8) is 0 Å². The molecule has 1 aromatic rings. The number of benzene rings is 1. The first-order valence-corrected chi connectivity index (χ1v) is 6.07. The maximum Gasteiger partial charge on any atom is 0.217 e. The molecule has 0 aromatic heterocycles. The fourth-order valence-corrected chi connectivity index (χ4v) is 1.98. The largest absolute Gasteiger partial charge is 0.496 e. The van der Waals surface area contributed by atoms with Crippen LogP contribution in [0.3, 0.4) is 0 Å². The lowest BCUT2D eigenvalue weighted by Gasteiger charge is -2.17. The molecule has 1 atom stereocenters. The summed E-state index contributed by atoms with van der Waals surface area (Å²) in [5, 5.41) is 2.84. The summed E-state index contributed by atoms with van der Waals surface area (Å²) in [7, 11) is 4.77. The summed E-state index contributed by atoms with van der Waals surface area (Å²) in [6, 6.07) is 3.68. The molecule has 19 heavy (non-hydrogen) atoms. The number of carbonyl (C=O) groups is 1. The molecule has 0 fully saturated rings. The van der Waals surface area contributed by atoms with E-state index in [9.17, 15) is 4.79 Å². The highest BCUT2D eigenvalue weighted by Crippen LogP contribution is 2.35. The first-order chi connectivity index (χ1) is 9.01. The summed E-state index contributed by atoms with van der Waals surface area (Å²) in [5.41, 5.74) is 0.960. The highest BCUT2D eigenvalue weighted by Gasteiger charge is 2.14. The van der Waals surface area contributed by atoms with E-state index in [1.807, 2.05) is 13.0 Å². The topological polar surface area (TPSA) is 56.8 Å². The second-order valence-corrected chi connectivity index (χ2v) is 4.32. The summed E-state index contributed by atoms with van der Waals surface area (Å²) < 4.78 is 15.8. The molecule has 0 aliphatic heterocycles. The van der Waals surface area contributed by atoms with Gasteiger partial charge in [0, 0.05) is 24.6 Å². The van der Waals surface area contributed by atoms with Crippen LogP contribution in [0.25, 0.3) is 0 Å². The molecule has 0 aliphatic carbocycles. The van der Waals surface area contributed by atoms with Crippen LogP contribution in [-0.2, 0) is 11.2 Å². The third-order valence-corrected chi connectivity index (χ3v) is 2.76. The van der Waals surface area contributed by atoms with Gasteiger partial charge in [-0.25, -0.2) is 0 Å². The first kappa shape index (κ1) is 15.1. The van der Waals surface area contributed by atoms with Gasteiger partial charge in [-0.05, 0) is 19.4 Å². The average molecular weight is 267 g/mol. The number of carbonyl (C=O) groups excluding carboxylic acids is 1. The van der Waals surface area contributed by atoms with Crippen LogP contribution in [0.4, 0.5) is 0 Å². The van der Waals surface area contributed by atoms with Crippen molar-refractivity contribution in [2.45, 2.75) is 26.3 Å². The van der Waals surface area contributed by atoms with Gasteiger partial charge >= 0.3 is 0 Å². The van der Waals surface area contributed by atoms with E-state index in [1.165, 1.54) is 6.92 Å². The van der Waals surface area contributed by atoms with E-state index < -0.39 is 0 Å². The van der Waals surface area contributed by atoms with Gasteiger partial charge in [0.15, 0.2) is 11.5 Å². The van der Waals surface area contributed by atoms with Crippen molar-refractivity contribution < 1.29 is 19.0 Å². The normalized spacial score (nSPS) is 11.6. The number of nitrogens with one attached hydrogen (secondary N) is 1. The van der Waals surface area contributed by atoms with E-state index in [-0.39, 0.29) is 11.9 Å². The summed E-state index contributed by atoms with van der Waals surface area (Å²) >= 11 is 0. The Hall–Kier alpha value is -1.91. The molecular formula is C14H21NO4. The van der Waals surface area contributed by atoms with E-state index >= 15 is 0 Å². The SMILES string of the molecule is COc1cc(OC)c(OC)cc1CC(C)NC(C)=O. The lowest BCUT2D eigenvalue weighted by atomic mass is 10.0. The minimum atomic E-state index is -0.0491. The van der Waals surface area contributed by atoms with Crippen LogP contribution in [0.5, 0.6) is 17.2 Å². The van der Waals surface area contributed by atoms with Gasteiger partial charge in [0.1, 0.15) is 5.75 Å². The zero-order valence-corrected chi connectivity index (χ0v) is 12.1. The third-order valence-electron chi connectivity index (χ3n) is 2.76. The Balaban J connectivity index is 3.01. The average Bonchev–Trinajstić information content (AvgIpc) is 2.37. The van der Waals surface area contributed by atoms with Crippen molar-refractivity contribution >= 4 is 5.91 Å². The summed E-state index contributed by atoms with van der Waals surface area (Å²) in [6.45, 7) is 3.44. The molecule has 1 unspecified atom stereocenters. The van der Waals surface area contributed by atoms with Gasteiger partial charge in [0.05, 0.1) is 21.3 Å². The highest BCUT2D eigenvalue weighted by atomic mass is 16.5. The van der Waals surface area contributed by atoms with Crippen LogP contribution >= 0.6 is 0 Å². The Morgan fingerprint density at radius 2 is 1.63 bits per heavy atom. The predicted octanol–water partition coefficient (Wildman–Crippen LogP) is 1.78. The Bertz CT molecular complexity index is 445. The molecule has 1 rings (SSSR count). The van der Waals surface area contributed by atoms with Gasteiger partial charge in [-0.15, -0.1) is 0 Å². The van der Waals surface area contributed by atoms with E-state index in [0.717, 1.165) is 11.3 Å². The second-order valence-electron chi connectivity index (χ2n) is 4.32. The third kappa shape index (κ3) is 4.05. The molecule has 0 aliphatic rings. The molecule has 106 valence electrons. The number of hydrogen-bond donors (Lipinski definition) is 1. The Morgan fingerprint density at radius 1 is 1.11 bits per heavy atom. The van der Waals surface area contributed by atoms with Gasteiger partial charge in [-0.1, -0.05) is 0 Å². The maximum absolute atomic E-state index is 11.0. The summed E-state index contributed by atoms with van der Waals surface area (Å²) in [6.07, 6.45) is 0.656. The van der Waals surface area contributed by atoms with E-state index in [4.69, 9.17) is 14.2 Å². The zero-order valence-electron chi connectivity index (χ0n) is 12.1. The molecule has 5 nitrogen and oxygen atoms in total. The molecule has 1 N–H and O–H groups in total. The molecule has 0 bridgehead atoms. The fraction of sp³-hybridized carbons (Fsp3) is 0.500. The first-order valence-electron chi connectivity index (χ1n) is 6.07. The molecule has 1 amide bonds. The van der Waals surface area contributed by atoms with Gasteiger partial charge < -0.3 is 19.5 Å². The monoisotopic (exact) mass is 267 g/mol. The summed E-state index contributed by atoms with van der Waals surface area (Å²) in [5.74, 6) is 1.94. The van der Waals surface area contributed by atoms with Crippen molar-refractivity contribution in [1.82, 2.24) is 5.32 Å². The smallest absolute Gasteiger partial charge is 0.217 e. The van der Waals surface area contributed by atoms with E-state index in [0.29, 0.717) is 17.9 Å². The standard InChI is InChI=1S/C14H21NO4/c1-9(15-10(2)16)6-11-7-13(18-4)14(19-5)8-12(11)17-3/h7-9H,6H2,1-5H3,(H,15,16). The van der Waals surface area contributed by atoms with Crippen molar-refractivity contribution in [2.24, 2.45) is 0 Å². The Morgan fingerprint density at radius 3 is 2.11 bits per heavy atom. The lowest BCUT2D eigenvalue weighted by molar-refractivity contribution is -0.119. The van der Waals surface area contributed by atoms with Gasteiger partial charge in [-0.3, -0.25) is 4.79 Å². The number of ether oxygens (including phenoxy) is 3. The molecule has 1 aromatic carbocycles. The van der Waals surface area contributed by atoms with Crippen LogP contribution in [0.1, 0.15) is 19.4 Å². The zero-order chi connectivity index (χ0) is 14.4. The molecule has 0 saturated carbocycles. The Kier molecular flexibility index (Phi) is 5.48. The van der Waals surface area contributed by atoms with Gasteiger partial charge in [-0.2, -0.15) is 0 Å². The van der Waals surface area contributed by atoms with Gasteiger partial charge in [0.25, 0.3) is 0 Å². The minimum Gasteiger partial charge on any atom is -0.496 e. The Labute approximate surface area is 113 Å². The van der Waals surface area contributed by atoms with Crippen molar-refractivity contribution in [3.05, 3.63) is 17.7 Å². The van der Waals surface area contributed by atoms with Crippen LogP contribution in [0.15, 0.2) is 12.1 Å². The molecule has 0 heterocycles. The van der Waals surface area contributed by atoms with Crippen LogP contribution < -0.4 is 19.5 Å². The van der Waals surface area contributed by atoms with E-state index in [2.05, 4.69) is 5.32 Å².